The van der Waals surface area contributed by atoms with Gasteiger partial charge in [0.25, 0.3) is 5.91 Å². The minimum Gasteiger partial charge on any atom is -0.337 e. The number of hydrogen-bond acceptors (Lipinski definition) is 3. The van der Waals surface area contributed by atoms with Gasteiger partial charge in [-0.05, 0) is 19.1 Å². The van der Waals surface area contributed by atoms with Crippen molar-refractivity contribution in [3.8, 4) is 16.9 Å². The van der Waals surface area contributed by atoms with Gasteiger partial charge in [0.1, 0.15) is 5.69 Å². The van der Waals surface area contributed by atoms with Crippen molar-refractivity contribution in [1.82, 2.24) is 19.6 Å². The highest BCUT2D eigenvalue weighted by molar-refractivity contribution is 6.01. The minimum absolute atomic E-state index is 0.0511. The first-order valence-corrected chi connectivity index (χ1v) is 10.5. The number of aromatic nitrogens is 2. The number of hydrogen-bond donors (Lipinski definition) is 0. The van der Waals surface area contributed by atoms with Crippen LogP contribution in [0, 0.1) is 6.92 Å². The zero-order valence-corrected chi connectivity index (χ0v) is 17.7. The lowest BCUT2D eigenvalue weighted by Gasteiger charge is -2.21. The summed E-state index contributed by atoms with van der Waals surface area (Å²) in [5.41, 5.74) is 3.82. The zero-order chi connectivity index (χ0) is 21.8. The van der Waals surface area contributed by atoms with E-state index in [2.05, 4.69) is 6.58 Å². The van der Waals surface area contributed by atoms with E-state index in [9.17, 15) is 9.59 Å². The molecule has 0 atom stereocenters. The number of rotatable bonds is 5. The van der Waals surface area contributed by atoms with Gasteiger partial charge in [-0.1, -0.05) is 54.6 Å². The Kier molecular flexibility index (Phi) is 5.98. The smallest absolute Gasteiger partial charge is 0.258 e. The van der Waals surface area contributed by atoms with E-state index in [1.807, 2.05) is 72.3 Å². The van der Waals surface area contributed by atoms with Crippen LogP contribution in [-0.2, 0) is 4.79 Å². The molecule has 6 heteroatoms. The van der Waals surface area contributed by atoms with Crippen LogP contribution < -0.4 is 0 Å². The summed E-state index contributed by atoms with van der Waals surface area (Å²) >= 11 is 0. The van der Waals surface area contributed by atoms with Gasteiger partial charge in [0, 0.05) is 38.2 Å². The SMILES string of the molecule is C=CCN1CCN(C(=O)c2c(-c3ccccc3)nn(-c3ccccc3)c2C)CCC1=O. The van der Waals surface area contributed by atoms with Crippen LogP contribution in [0.25, 0.3) is 16.9 Å². The average Bonchev–Trinajstić information content (AvgIpc) is 3.04. The van der Waals surface area contributed by atoms with Crippen LogP contribution in [0.3, 0.4) is 0 Å². The minimum atomic E-state index is -0.0909. The normalized spacial score (nSPS) is 14.4. The van der Waals surface area contributed by atoms with Crippen LogP contribution in [0.4, 0.5) is 0 Å². The Labute approximate surface area is 182 Å². The van der Waals surface area contributed by atoms with Crippen LogP contribution in [0.2, 0.25) is 0 Å². The fourth-order valence-corrected chi connectivity index (χ4v) is 3.95. The molecule has 0 radical (unpaired) electrons. The van der Waals surface area contributed by atoms with Crippen LogP contribution >= 0.6 is 0 Å². The summed E-state index contributed by atoms with van der Waals surface area (Å²) in [5, 5.41) is 4.83. The van der Waals surface area contributed by atoms with Gasteiger partial charge in [-0.3, -0.25) is 9.59 Å². The van der Waals surface area contributed by atoms with E-state index in [1.165, 1.54) is 0 Å². The molecule has 3 aromatic rings. The molecule has 1 saturated heterocycles. The molecular formula is C25H26N4O2. The molecule has 1 aromatic heterocycles. The molecule has 2 amide bonds. The van der Waals surface area contributed by atoms with Crippen LogP contribution in [0.15, 0.2) is 73.3 Å². The Morgan fingerprint density at radius 1 is 1.03 bits per heavy atom. The molecule has 158 valence electrons. The lowest BCUT2D eigenvalue weighted by molar-refractivity contribution is -0.129. The Bertz CT molecular complexity index is 1090. The van der Waals surface area contributed by atoms with Crippen molar-refractivity contribution >= 4 is 11.8 Å². The Morgan fingerprint density at radius 3 is 2.39 bits per heavy atom. The van der Waals surface area contributed by atoms with Crippen molar-refractivity contribution in [3.05, 3.63) is 84.6 Å². The maximum absolute atomic E-state index is 13.7. The highest BCUT2D eigenvalue weighted by Crippen LogP contribution is 2.28. The van der Waals surface area contributed by atoms with Gasteiger partial charge in [-0.2, -0.15) is 5.10 Å². The largest absolute Gasteiger partial charge is 0.337 e. The van der Waals surface area contributed by atoms with E-state index in [0.717, 1.165) is 16.9 Å². The third kappa shape index (κ3) is 4.14. The second kappa shape index (κ2) is 9.00. The molecule has 0 spiro atoms. The van der Waals surface area contributed by atoms with Crippen molar-refractivity contribution in [2.45, 2.75) is 13.3 Å². The monoisotopic (exact) mass is 414 g/mol. The van der Waals surface area contributed by atoms with Gasteiger partial charge in [-0.15, -0.1) is 6.58 Å². The standard InChI is InChI=1S/C25H26N4O2/c1-3-15-27-17-18-28(16-14-22(27)30)25(31)23-19(2)29(21-12-8-5-9-13-21)26-24(23)20-10-6-4-7-11-20/h3-13H,1,14-18H2,2H3. The quantitative estimate of drug-likeness (QED) is 0.598. The maximum Gasteiger partial charge on any atom is 0.258 e. The molecule has 0 bridgehead atoms. The predicted molar refractivity (Wildman–Crippen MR) is 121 cm³/mol. The number of amides is 2. The summed E-state index contributed by atoms with van der Waals surface area (Å²) in [4.78, 5) is 29.6. The van der Waals surface area contributed by atoms with E-state index in [4.69, 9.17) is 5.10 Å². The average molecular weight is 415 g/mol. The van der Waals surface area contributed by atoms with E-state index in [-0.39, 0.29) is 11.8 Å². The first-order chi connectivity index (χ1) is 15.1. The van der Waals surface area contributed by atoms with E-state index in [0.29, 0.717) is 43.9 Å². The molecule has 31 heavy (non-hydrogen) atoms. The van der Waals surface area contributed by atoms with Gasteiger partial charge in [0.2, 0.25) is 5.91 Å². The fraction of sp³-hybridized carbons (Fsp3) is 0.240. The van der Waals surface area contributed by atoms with E-state index in [1.54, 1.807) is 15.9 Å². The number of benzene rings is 2. The highest BCUT2D eigenvalue weighted by Gasteiger charge is 2.29. The fourth-order valence-electron chi connectivity index (χ4n) is 3.95. The number of para-hydroxylation sites is 1. The second-order valence-corrected chi connectivity index (χ2v) is 7.59. The Balaban J connectivity index is 1.74. The third-order valence-electron chi connectivity index (χ3n) is 5.60. The summed E-state index contributed by atoms with van der Waals surface area (Å²) in [6.45, 7) is 7.54. The molecular weight excluding hydrogens is 388 g/mol. The van der Waals surface area contributed by atoms with Crippen LogP contribution in [0.1, 0.15) is 22.5 Å². The zero-order valence-electron chi connectivity index (χ0n) is 17.7. The molecule has 0 aliphatic carbocycles. The van der Waals surface area contributed by atoms with Crippen LogP contribution in [-0.4, -0.2) is 57.6 Å². The molecule has 1 aliphatic rings. The Morgan fingerprint density at radius 2 is 1.71 bits per heavy atom. The molecule has 0 saturated carbocycles. The van der Waals surface area contributed by atoms with Crippen molar-refractivity contribution < 1.29 is 9.59 Å². The van der Waals surface area contributed by atoms with Crippen molar-refractivity contribution in [1.29, 1.82) is 0 Å². The number of nitrogens with zero attached hydrogens (tertiary/aromatic N) is 4. The van der Waals surface area contributed by atoms with Crippen molar-refractivity contribution in [3.63, 3.8) is 0 Å². The molecule has 1 aliphatic heterocycles. The molecule has 0 unspecified atom stereocenters. The molecule has 1 fully saturated rings. The van der Waals surface area contributed by atoms with Gasteiger partial charge in [-0.25, -0.2) is 4.68 Å². The molecule has 4 rings (SSSR count). The van der Waals surface area contributed by atoms with Crippen molar-refractivity contribution in [2.24, 2.45) is 0 Å². The lowest BCUT2D eigenvalue weighted by Crippen LogP contribution is -2.36. The molecule has 2 aromatic carbocycles. The second-order valence-electron chi connectivity index (χ2n) is 7.59. The number of carbonyl (C=O) groups excluding carboxylic acids is 2. The van der Waals surface area contributed by atoms with E-state index < -0.39 is 0 Å². The summed E-state index contributed by atoms with van der Waals surface area (Å²) < 4.78 is 1.82. The highest BCUT2D eigenvalue weighted by atomic mass is 16.2. The Hall–Kier alpha value is -3.67. The first-order valence-electron chi connectivity index (χ1n) is 10.5. The summed E-state index contributed by atoms with van der Waals surface area (Å²) in [6.07, 6.45) is 2.03. The van der Waals surface area contributed by atoms with Gasteiger partial charge < -0.3 is 9.80 Å². The summed E-state index contributed by atoms with van der Waals surface area (Å²) in [6, 6.07) is 19.6. The van der Waals surface area contributed by atoms with Crippen LogP contribution in [0.5, 0.6) is 0 Å². The summed E-state index contributed by atoms with van der Waals surface area (Å²) in [5.74, 6) is -0.0398. The topological polar surface area (TPSA) is 58.4 Å². The molecule has 6 nitrogen and oxygen atoms in total. The molecule has 2 heterocycles. The lowest BCUT2D eigenvalue weighted by atomic mass is 10.0. The van der Waals surface area contributed by atoms with E-state index >= 15 is 0 Å². The van der Waals surface area contributed by atoms with Crippen molar-refractivity contribution in [2.75, 3.05) is 26.2 Å². The van der Waals surface area contributed by atoms with Gasteiger partial charge in [0.05, 0.1) is 16.9 Å². The van der Waals surface area contributed by atoms with Gasteiger partial charge >= 0.3 is 0 Å². The third-order valence-corrected chi connectivity index (χ3v) is 5.60. The van der Waals surface area contributed by atoms with Gasteiger partial charge in [0.15, 0.2) is 0 Å². The predicted octanol–water partition coefficient (Wildman–Crippen LogP) is 3.71. The maximum atomic E-state index is 13.7. The number of carbonyl (C=O) groups is 2. The molecule has 0 N–H and O–H groups in total. The first kappa shape index (κ1) is 20.6. The summed E-state index contributed by atoms with van der Waals surface area (Å²) in [7, 11) is 0.